The number of aromatic nitrogens is 4. The van der Waals surface area contributed by atoms with Gasteiger partial charge in [-0.15, -0.1) is 0 Å². The topological polar surface area (TPSA) is 203 Å². The molecule has 0 fully saturated rings. The van der Waals surface area contributed by atoms with Gasteiger partial charge in [-0.25, -0.2) is 61.9 Å². The van der Waals surface area contributed by atoms with Crippen molar-refractivity contribution in [1.82, 2.24) is 19.9 Å². The van der Waals surface area contributed by atoms with Crippen LogP contribution >= 0.6 is 0 Å². The van der Waals surface area contributed by atoms with Gasteiger partial charge in [0.1, 0.15) is 46.0 Å². The quantitative estimate of drug-likeness (QED) is 0.0638. The summed E-state index contributed by atoms with van der Waals surface area (Å²) in [7, 11) is 0. The van der Waals surface area contributed by atoms with E-state index in [1.54, 1.807) is 0 Å². The van der Waals surface area contributed by atoms with Gasteiger partial charge in [-0.05, 0) is 93.0 Å². The summed E-state index contributed by atoms with van der Waals surface area (Å²) in [6.07, 6.45) is 0. The largest absolute Gasteiger partial charge is 2.00 e. The Morgan fingerprint density at radius 3 is 0.667 bits per heavy atom. The number of halogens is 8. The van der Waals surface area contributed by atoms with E-state index in [1.165, 1.54) is 0 Å². The molecule has 9 rings (SSSR count). The first-order valence-electron chi connectivity index (χ1n) is 18.8. The van der Waals surface area contributed by atoms with Gasteiger partial charge in [0.05, 0.1) is 19.6 Å². The molecule has 2 aliphatic heterocycles. The summed E-state index contributed by atoms with van der Waals surface area (Å²) in [5.74, 6) is -15.5. The zero-order chi connectivity index (χ0) is 48.6. The first kappa shape index (κ1) is 49.3. The van der Waals surface area contributed by atoms with Crippen molar-refractivity contribution < 1.29 is 87.2 Å². The molecule has 12 nitrogen and oxygen atoms in total. The number of fused-ring (bicyclic) bond motifs is 8. The third-order valence-corrected chi connectivity index (χ3v) is 13.3. The molecule has 4 unspecified atom stereocenters. The normalized spacial score (nSPS) is 14.4. The van der Waals surface area contributed by atoms with Crippen LogP contribution in [0.5, 0.6) is 0 Å². The molecule has 1 radical (unpaired) electrons. The molecule has 2 aliphatic rings. The van der Waals surface area contributed by atoms with E-state index < -0.39 is 158 Å². The molecule has 25 heteroatoms. The van der Waals surface area contributed by atoms with Gasteiger partial charge in [0.2, 0.25) is 0 Å². The third-order valence-electron chi connectivity index (χ3n) is 10.6. The summed E-state index contributed by atoms with van der Waals surface area (Å²) in [6.45, 7) is 0. The molecule has 0 amide bonds. The number of hydrogen-bond acceptors (Lipinski definition) is 6. The second-order valence-corrected chi connectivity index (χ2v) is 18.2. The van der Waals surface area contributed by atoms with E-state index in [-0.39, 0.29) is 58.9 Å². The second kappa shape index (κ2) is 19.0. The molecule has 0 aliphatic carbocycles. The van der Waals surface area contributed by atoms with Crippen molar-refractivity contribution in [1.29, 1.82) is 0 Å². The second-order valence-electron chi connectivity index (χ2n) is 14.3. The fourth-order valence-corrected chi connectivity index (χ4v) is 8.97. The Labute approximate surface area is 401 Å². The summed E-state index contributed by atoms with van der Waals surface area (Å²) in [6, 6.07) is 15.9. The molecule has 0 saturated carbocycles. The fraction of sp³-hybridized carbons (Fsp3) is 0. The fourth-order valence-electron chi connectivity index (χ4n) is 7.49. The van der Waals surface area contributed by atoms with Crippen LogP contribution in [0.1, 0.15) is 22.8 Å². The number of rotatable bonds is 8. The summed E-state index contributed by atoms with van der Waals surface area (Å²) in [4.78, 5) is 15.2. The number of benzene rings is 4. The molecule has 5 heterocycles. The van der Waals surface area contributed by atoms with Gasteiger partial charge in [0.15, 0.2) is 67.6 Å². The summed E-state index contributed by atoms with van der Waals surface area (Å²) in [5.41, 5.74) is -14.5. The third kappa shape index (κ3) is 8.47. The molecule has 69 heavy (non-hydrogen) atoms. The standard InChI is InChI=1S/C44H20F8N4O8S4.Mn/c45-29-31(47)39-26(18-3-11-22(12-4-18)66(59)60)41-33(49)35(51)43(55-41)28(20-7-15-24(16-8-20)68(63)64)44-36(52)34(50)42(56-44)27(19-5-13-23(14-6-19)67(61)62)40-32(48)30(46)38(54-40)25(37(29)53-39)17-1-9-21(10-2-17)65(57)58;/h1-16H,(H,57,58)(H,59,60)(H,61,62)(H,63,64);/q-2;+2. The van der Waals surface area contributed by atoms with E-state index >= 15 is 35.1 Å². The Hall–Kier alpha value is -6.12. The molecule has 0 spiro atoms. The Bertz CT molecular complexity index is 3200. The van der Waals surface area contributed by atoms with Crippen LogP contribution in [-0.2, 0) is 61.4 Å². The molecule has 4 atom stereocenters. The van der Waals surface area contributed by atoms with Crippen molar-refractivity contribution in [2.24, 2.45) is 0 Å². The molecule has 4 N–H and O–H groups in total. The predicted molar refractivity (Wildman–Crippen MR) is 235 cm³/mol. The summed E-state index contributed by atoms with van der Waals surface area (Å²) >= 11 is -10.5. The van der Waals surface area contributed by atoms with Gasteiger partial charge in [-0.1, -0.05) is 70.6 Å². The van der Waals surface area contributed by atoms with Crippen LogP contribution in [-0.4, -0.2) is 45.0 Å². The predicted octanol–water partition coefficient (Wildman–Crippen LogP) is 10.6. The number of nitrogens with zero attached hydrogens (tertiary/aromatic N) is 4. The van der Waals surface area contributed by atoms with Crippen molar-refractivity contribution >= 4 is 89.7 Å². The van der Waals surface area contributed by atoms with Crippen LogP contribution in [0.4, 0.5) is 35.1 Å². The van der Waals surface area contributed by atoms with Crippen LogP contribution in [0.3, 0.4) is 0 Å². The van der Waals surface area contributed by atoms with Gasteiger partial charge in [-0.3, -0.25) is 0 Å². The maximum Gasteiger partial charge on any atom is 2.00 e. The first-order valence-corrected chi connectivity index (χ1v) is 23.2. The smallest absolute Gasteiger partial charge is 0.652 e. The van der Waals surface area contributed by atoms with Crippen molar-refractivity contribution in [3.8, 4) is 44.5 Å². The van der Waals surface area contributed by atoms with E-state index in [4.69, 9.17) is 0 Å². The van der Waals surface area contributed by atoms with Gasteiger partial charge in [0, 0.05) is 0 Å². The molecule has 8 bridgehead atoms. The van der Waals surface area contributed by atoms with Crippen LogP contribution in [0, 0.1) is 23.3 Å². The van der Waals surface area contributed by atoms with E-state index in [2.05, 4.69) is 19.9 Å². The van der Waals surface area contributed by atoms with E-state index in [0.717, 1.165) is 97.1 Å². The summed E-state index contributed by atoms with van der Waals surface area (Å²) in [5, 5.41) is 0. The SMILES string of the molecule is O=S(O)c1ccc(-c2c3nc(c(-c4ccc(S(=O)O)cc4)c4[n-]c(c(F)c4F)c(-c4ccc(S(=O)O)cc4)c4nc(c(-c5ccc(S(=O)O)cc5)c5[n-]c2c(F)c5F)C(F)=C4F)C(F)=C3F)cc1.[Mn+2]. The monoisotopic (exact) mass is 1070 g/mol. The number of hydrogen-bond donors (Lipinski definition) is 4. The minimum atomic E-state index is -2.63. The molecule has 4 aromatic carbocycles. The van der Waals surface area contributed by atoms with E-state index in [9.17, 15) is 35.0 Å². The van der Waals surface area contributed by atoms with Crippen LogP contribution < -0.4 is 9.97 Å². The van der Waals surface area contributed by atoms with Gasteiger partial charge in [-0.2, -0.15) is 0 Å². The minimum absolute atomic E-state index is 0. The van der Waals surface area contributed by atoms with Crippen LogP contribution in [0.25, 0.3) is 89.9 Å². The zero-order valence-corrected chi connectivity index (χ0v) is 37.9. The zero-order valence-electron chi connectivity index (χ0n) is 33.5. The van der Waals surface area contributed by atoms with Gasteiger partial charge >= 0.3 is 17.1 Å². The molecular formula is C44H20F8MnN4O8S4. The maximum atomic E-state index is 16.8. The molecule has 0 saturated heterocycles. The van der Waals surface area contributed by atoms with Gasteiger partial charge in [0.25, 0.3) is 0 Å². The Balaban J connectivity index is 0.00000642. The first-order chi connectivity index (χ1) is 32.4. The van der Waals surface area contributed by atoms with Crippen molar-refractivity contribution in [3.05, 3.63) is 143 Å². The summed E-state index contributed by atoms with van der Waals surface area (Å²) < 4.78 is 221. The van der Waals surface area contributed by atoms with Crippen molar-refractivity contribution in [2.45, 2.75) is 19.6 Å². The van der Waals surface area contributed by atoms with Gasteiger partial charge < -0.3 is 28.2 Å². The molecular weight excluding hydrogens is 1050 g/mol. The maximum absolute atomic E-state index is 16.8. The van der Waals surface area contributed by atoms with Crippen LogP contribution in [0.15, 0.2) is 117 Å². The van der Waals surface area contributed by atoms with E-state index in [0.29, 0.717) is 0 Å². The van der Waals surface area contributed by atoms with Crippen molar-refractivity contribution in [2.75, 3.05) is 0 Å². The van der Waals surface area contributed by atoms with E-state index in [1.807, 2.05) is 0 Å². The van der Waals surface area contributed by atoms with Crippen molar-refractivity contribution in [3.63, 3.8) is 0 Å². The Kier molecular flexibility index (Phi) is 13.6. The average molecular weight is 1070 g/mol. The minimum Gasteiger partial charge on any atom is -0.652 e. The molecule has 3 aromatic heterocycles. The Morgan fingerprint density at radius 2 is 0.507 bits per heavy atom. The van der Waals surface area contributed by atoms with Crippen LogP contribution in [0.2, 0.25) is 0 Å². The molecule has 351 valence electrons. The Morgan fingerprint density at radius 1 is 0.333 bits per heavy atom. The average Bonchev–Trinajstić information content (AvgIpc) is 3.98. The molecule has 7 aromatic rings.